The smallest absolute Gasteiger partial charge is 0.309 e. The van der Waals surface area contributed by atoms with Crippen LogP contribution in [0.2, 0.25) is 0 Å². The average Bonchev–Trinajstić information content (AvgIpc) is 2.44. The standard InChI is InChI=1S/C15H19BrFNO2/c1-2-15(14(19)20)5-7-18(8-6-15)10-11-3-4-13(17)12(16)9-11/h3-4,9H,2,5-8,10H2,1H3,(H,19,20). The van der Waals surface area contributed by atoms with E-state index in [2.05, 4.69) is 20.8 Å². The molecule has 0 bridgehead atoms. The molecule has 1 fully saturated rings. The lowest BCUT2D eigenvalue weighted by molar-refractivity contribution is -0.152. The summed E-state index contributed by atoms with van der Waals surface area (Å²) in [7, 11) is 0. The third-order valence-electron chi connectivity index (χ3n) is 4.33. The first-order valence-electron chi connectivity index (χ1n) is 6.86. The van der Waals surface area contributed by atoms with E-state index in [0.29, 0.717) is 23.7 Å². The molecule has 20 heavy (non-hydrogen) atoms. The molecule has 3 nitrogen and oxygen atoms in total. The Morgan fingerprint density at radius 2 is 2.10 bits per heavy atom. The van der Waals surface area contributed by atoms with E-state index in [0.717, 1.165) is 25.2 Å². The molecular weight excluding hydrogens is 325 g/mol. The minimum absolute atomic E-state index is 0.261. The van der Waals surface area contributed by atoms with Gasteiger partial charge in [-0.15, -0.1) is 0 Å². The number of hydrogen-bond donors (Lipinski definition) is 1. The van der Waals surface area contributed by atoms with Gasteiger partial charge >= 0.3 is 5.97 Å². The highest BCUT2D eigenvalue weighted by atomic mass is 79.9. The average molecular weight is 344 g/mol. The van der Waals surface area contributed by atoms with Crippen LogP contribution in [0.15, 0.2) is 22.7 Å². The van der Waals surface area contributed by atoms with Gasteiger partial charge in [0, 0.05) is 6.54 Å². The summed E-state index contributed by atoms with van der Waals surface area (Å²) in [5, 5.41) is 9.37. The molecule has 110 valence electrons. The lowest BCUT2D eigenvalue weighted by Crippen LogP contribution is -2.43. The summed E-state index contributed by atoms with van der Waals surface area (Å²) in [5.41, 5.74) is 0.484. The van der Waals surface area contributed by atoms with Gasteiger partial charge in [-0.05, 0) is 66.0 Å². The van der Waals surface area contributed by atoms with Crippen molar-refractivity contribution < 1.29 is 14.3 Å². The van der Waals surface area contributed by atoms with Crippen molar-refractivity contribution in [1.82, 2.24) is 4.90 Å². The molecule has 0 atom stereocenters. The predicted molar refractivity (Wildman–Crippen MR) is 79.0 cm³/mol. The molecule has 1 aliphatic rings. The number of carboxylic acids is 1. The number of likely N-dealkylation sites (tertiary alicyclic amines) is 1. The molecule has 0 saturated carbocycles. The van der Waals surface area contributed by atoms with Gasteiger partial charge in [-0.2, -0.15) is 0 Å². The van der Waals surface area contributed by atoms with Gasteiger partial charge in [0.2, 0.25) is 0 Å². The van der Waals surface area contributed by atoms with Gasteiger partial charge in [0.25, 0.3) is 0 Å². The fraction of sp³-hybridized carbons (Fsp3) is 0.533. The van der Waals surface area contributed by atoms with Crippen molar-refractivity contribution >= 4 is 21.9 Å². The van der Waals surface area contributed by atoms with Crippen molar-refractivity contribution in [3.63, 3.8) is 0 Å². The number of carboxylic acid groups (broad SMARTS) is 1. The van der Waals surface area contributed by atoms with Crippen LogP contribution in [0.5, 0.6) is 0 Å². The summed E-state index contributed by atoms with van der Waals surface area (Å²) in [6.45, 7) is 4.23. The SMILES string of the molecule is CCC1(C(=O)O)CCN(Cc2ccc(F)c(Br)c2)CC1. The summed E-state index contributed by atoms with van der Waals surface area (Å²) in [4.78, 5) is 13.6. The van der Waals surface area contributed by atoms with E-state index in [1.807, 2.05) is 6.92 Å². The van der Waals surface area contributed by atoms with E-state index in [1.165, 1.54) is 6.07 Å². The first-order chi connectivity index (χ1) is 9.47. The Morgan fingerprint density at radius 3 is 2.60 bits per heavy atom. The summed E-state index contributed by atoms with van der Waals surface area (Å²) in [6, 6.07) is 5.02. The second kappa shape index (κ2) is 6.22. The highest BCUT2D eigenvalue weighted by Crippen LogP contribution is 2.35. The lowest BCUT2D eigenvalue weighted by atomic mass is 9.76. The topological polar surface area (TPSA) is 40.5 Å². The number of benzene rings is 1. The predicted octanol–water partition coefficient (Wildman–Crippen LogP) is 3.67. The van der Waals surface area contributed by atoms with Crippen LogP contribution in [-0.2, 0) is 11.3 Å². The van der Waals surface area contributed by atoms with E-state index in [4.69, 9.17) is 0 Å². The number of carbonyl (C=O) groups is 1. The van der Waals surface area contributed by atoms with Gasteiger partial charge in [-0.1, -0.05) is 13.0 Å². The zero-order valence-corrected chi connectivity index (χ0v) is 13.1. The molecule has 0 amide bonds. The molecule has 2 rings (SSSR count). The first-order valence-corrected chi connectivity index (χ1v) is 7.66. The van der Waals surface area contributed by atoms with Crippen LogP contribution in [0, 0.1) is 11.2 Å². The molecule has 1 saturated heterocycles. The van der Waals surface area contributed by atoms with Gasteiger partial charge < -0.3 is 5.11 Å². The van der Waals surface area contributed by atoms with E-state index in [9.17, 15) is 14.3 Å². The van der Waals surface area contributed by atoms with Crippen LogP contribution in [0.4, 0.5) is 4.39 Å². The number of hydrogen-bond acceptors (Lipinski definition) is 2. The third-order valence-corrected chi connectivity index (χ3v) is 4.94. The Morgan fingerprint density at radius 1 is 1.45 bits per heavy atom. The Labute approximate surface area is 126 Å². The van der Waals surface area contributed by atoms with Gasteiger partial charge in [0.15, 0.2) is 0 Å². The number of piperidine rings is 1. The summed E-state index contributed by atoms with van der Waals surface area (Å²) in [5.74, 6) is -0.938. The number of halogens is 2. The van der Waals surface area contributed by atoms with Crippen molar-refractivity contribution in [2.24, 2.45) is 5.41 Å². The maximum atomic E-state index is 13.2. The van der Waals surface area contributed by atoms with Crippen molar-refractivity contribution in [1.29, 1.82) is 0 Å². The molecule has 0 aliphatic carbocycles. The molecule has 1 aromatic rings. The normalized spacial score (nSPS) is 18.9. The van der Waals surface area contributed by atoms with Crippen molar-refractivity contribution in [2.75, 3.05) is 13.1 Å². The minimum atomic E-state index is -0.677. The zero-order chi connectivity index (χ0) is 14.8. The fourth-order valence-corrected chi connectivity index (χ4v) is 3.18. The van der Waals surface area contributed by atoms with Crippen LogP contribution in [0.3, 0.4) is 0 Å². The molecule has 5 heteroatoms. The lowest BCUT2D eigenvalue weighted by Gasteiger charge is -2.38. The van der Waals surface area contributed by atoms with E-state index >= 15 is 0 Å². The maximum absolute atomic E-state index is 13.2. The Bertz CT molecular complexity index is 499. The third kappa shape index (κ3) is 3.20. The van der Waals surface area contributed by atoms with Crippen LogP contribution in [0.1, 0.15) is 31.7 Å². The zero-order valence-electron chi connectivity index (χ0n) is 11.5. The highest BCUT2D eigenvalue weighted by Gasteiger charge is 2.39. The minimum Gasteiger partial charge on any atom is -0.481 e. The molecular formula is C15H19BrFNO2. The van der Waals surface area contributed by atoms with Crippen molar-refractivity contribution in [3.8, 4) is 0 Å². The van der Waals surface area contributed by atoms with Crippen LogP contribution in [-0.4, -0.2) is 29.1 Å². The highest BCUT2D eigenvalue weighted by molar-refractivity contribution is 9.10. The molecule has 1 aliphatic heterocycles. The molecule has 1 N–H and O–H groups in total. The van der Waals surface area contributed by atoms with Crippen molar-refractivity contribution in [2.45, 2.75) is 32.7 Å². The fourth-order valence-electron chi connectivity index (χ4n) is 2.75. The van der Waals surface area contributed by atoms with E-state index < -0.39 is 11.4 Å². The summed E-state index contributed by atoms with van der Waals surface area (Å²) >= 11 is 3.19. The summed E-state index contributed by atoms with van der Waals surface area (Å²) < 4.78 is 13.7. The molecule has 1 heterocycles. The first kappa shape index (κ1) is 15.4. The van der Waals surface area contributed by atoms with Gasteiger partial charge in [-0.25, -0.2) is 4.39 Å². The quantitative estimate of drug-likeness (QED) is 0.906. The van der Waals surface area contributed by atoms with Crippen LogP contribution < -0.4 is 0 Å². The van der Waals surface area contributed by atoms with E-state index in [-0.39, 0.29) is 5.82 Å². The Hall–Kier alpha value is -0.940. The Kier molecular flexibility index (Phi) is 4.81. The molecule has 0 radical (unpaired) electrons. The molecule has 0 unspecified atom stereocenters. The molecule has 1 aromatic carbocycles. The van der Waals surface area contributed by atoms with Gasteiger partial charge in [0.05, 0.1) is 9.89 Å². The summed E-state index contributed by atoms with van der Waals surface area (Å²) in [6.07, 6.45) is 2.04. The number of nitrogens with zero attached hydrogens (tertiary/aromatic N) is 1. The number of rotatable bonds is 4. The van der Waals surface area contributed by atoms with E-state index in [1.54, 1.807) is 12.1 Å². The van der Waals surface area contributed by atoms with Crippen molar-refractivity contribution in [3.05, 3.63) is 34.1 Å². The van der Waals surface area contributed by atoms with Crippen LogP contribution in [0.25, 0.3) is 0 Å². The number of aliphatic carboxylic acids is 1. The van der Waals surface area contributed by atoms with Gasteiger partial charge in [-0.3, -0.25) is 9.69 Å². The van der Waals surface area contributed by atoms with Gasteiger partial charge in [0.1, 0.15) is 5.82 Å². The largest absolute Gasteiger partial charge is 0.481 e. The second-order valence-corrected chi connectivity index (χ2v) is 6.32. The molecule has 0 aromatic heterocycles. The monoisotopic (exact) mass is 343 g/mol. The van der Waals surface area contributed by atoms with Crippen LogP contribution >= 0.6 is 15.9 Å². The second-order valence-electron chi connectivity index (χ2n) is 5.46. The molecule has 0 spiro atoms. The maximum Gasteiger partial charge on any atom is 0.309 e. The Balaban J connectivity index is 1.97.